The molecule has 158 valence electrons. The van der Waals surface area contributed by atoms with E-state index < -0.39 is 5.82 Å². The second kappa shape index (κ2) is 8.73. The Kier molecular flexibility index (Phi) is 6.47. The zero-order chi connectivity index (χ0) is 22.2. The molecule has 0 aliphatic heterocycles. The molecule has 0 fully saturated rings. The van der Waals surface area contributed by atoms with Crippen molar-refractivity contribution in [3.8, 4) is 5.75 Å². The summed E-state index contributed by atoms with van der Waals surface area (Å²) in [5.41, 5.74) is 2.63. The fourth-order valence-corrected chi connectivity index (χ4v) is 4.14. The van der Waals surface area contributed by atoms with Crippen molar-refractivity contribution in [1.82, 2.24) is 0 Å². The lowest BCUT2D eigenvalue weighted by atomic mass is 9.72. The minimum atomic E-state index is -0.485. The standard InChI is InChI=1S/C25H26ClFO3/c1-13(2)14(3)18-11-19(15(4)28)25(29)21-10-17(23(30-5)12-20(18)21)9-16-7-6-8-22(26)24(16)27/h6-8,10-14,18H,9H2,1-5H3/t14-,18?/m1/s1. The van der Waals surface area contributed by atoms with E-state index in [1.165, 1.54) is 13.0 Å². The highest BCUT2D eigenvalue weighted by atomic mass is 35.5. The van der Waals surface area contributed by atoms with Crippen molar-refractivity contribution in [1.29, 1.82) is 0 Å². The fourth-order valence-electron chi connectivity index (χ4n) is 3.95. The lowest BCUT2D eigenvalue weighted by Gasteiger charge is -2.31. The zero-order valence-electron chi connectivity index (χ0n) is 17.9. The lowest BCUT2D eigenvalue weighted by molar-refractivity contribution is -0.113. The zero-order valence-corrected chi connectivity index (χ0v) is 18.6. The number of hydrogen-bond acceptors (Lipinski definition) is 3. The Balaban J connectivity index is 2.16. The average Bonchev–Trinajstić information content (AvgIpc) is 2.70. The summed E-state index contributed by atoms with van der Waals surface area (Å²) in [5.74, 6) is 0.0498. The summed E-state index contributed by atoms with van der Waals surface area (Å²) < 4.78 is 20.1. The first-order chi connectivity index (χ1) is 14.1. The molecule has 0 amide bonds. The van der Waals surface area contributed by atoms with Crippen molar-refractivity contribution in [3.63, 3.8) is 0 Å². The molecule has 0 saturated heterocycles. The summed E-state index contributed by atoms with van der Waals surface area (Å²) >= 11 is 5.92. The van der Waals surface area contributed by atoms with Crippen LogP contribution >= 0.6 is 11.6 Å². The second-order valence-corrected chi connectivity index (χ2v) is 8.64. The Morgan fingerprint density at radius 2 is 1.90 bits per heavy atom. The van der Waals surface area contributed by atoms with Gasteiger partial charge in [-0.05, 0) is 53.6 Å². The van der Waals surface area contributed by atoms with E-state index in [2.05, 4.69) is 20.8 Å². The molecule has 1 aliphatic rings. The van der Waals surface area contributed by atoms with Gasteiger partial charge in [0.05, 0.1) is 17.7 Å². The van der Waals surface area contributed by atoms with Crippen LogP contribution in [0.4, 0.5) is 4.39 Å². The number of Topliss-reactive ketones (excluding diaryl/α,β-unsaturated/α-hetero) is 2. The predicted molar refractivity (Wildman–Crippen MR) is 117 cm³/mol. The number of ketones is 2. The van der Waals surface area contributed by atoms with Crippen LogP contribution in [0.5, 0.6) is 5.75 Å². The molecule has 3 rings (SSSR count). The Hall–Kier alpha value is -2.46. The van der Waals surface area contributed by atoms with Crippen LogP contribution in [0.2, 0.25) is 5.02 Å². The first kappa shape index (κ1) is 22.2. The van der Waals surface area contributed by atoms with Gasteiger partial charge < -0.3 is 4.74 Å². The van der Waals surface area contributed by atoms with Crippen LogP contribution in [0.1, 0.15) is 60.7 Å². The van der Waals surface area contributed by atoms with E-state index in [0.717, 1.165) is 5.56 Å². The molecule has 3 nitrogen and oxygen atoms in total. The summed E-state index contributed by atoms with van der Waals surface area (Å²) in [6, 6.07) is 8.45. The van der Waals surface area contributed by atoms with Gasteiger partial charge in [-0.2, -0.15) is 0 Å². The minimum absolute atomic E-state index is 0.0492. The summed E-state index contributed by atoms with van der Waals surface area (Å²) in [6.45, 7) is 7.77. The van der Waals surface area contributed by atoms with Crippen LogP contribution in [0.3, 0.4) is 0 Å². The number of fused-ring (bicyclic) bond motifs is 1. The summed E-state index contributed by atoms with van der Waals surface area (Å²) in [6.07, 6.45) is 2.02. The second-order valence-electron chi connectivity index (χ2n) is 8.24. The van der Waals surface area contributed by atoms with Gasteiger partial charge in [0.1, 0.15) is 11.6 Å². The molecule has 0 saturated carbocycles. The van der Waals surface area contributed by atoms with Crippen LogP contribution in [0, 0.1) is 17.7 Å². The Bertz CT molecular complexity index is 1040. The van der Waals surface area contributed by atoms with Gasteiger partial charge in [0, 0.05) is 17.9 Å². The normalized spacial score (nSPS) is 16.9. The smallest absolute Gasteiger partial charge is 0.196 e. The Morgan fingerprint density at radius 1 is 1.20 bits per heavy atom. The van der Waals surface area contributed by atoms with E-state index in [1.807, 2.05) is 6.07 Å². The third kappa shape index (κ3) is 4.06. The SMILES string of the molecule is COc1cc2c(cc1Cc1cccc(Cl)c1F)C(=O)C(C(C)=O)=CC2[C@H](C)C(C)C. The summed E-state index contributed by atoms with van der Waals surface area (Å²) in [5, 5.41) is 0.0492. The number of rotatable bonds is 6. The molecule has 30 heavy (non-hydrogen) atoms. The van der Waals surface area contributed by atoms with Crippen LogP contribution in [0.15, 0.2) is 42.0 Å². The number of allylic oxidation sites excluding steroid dienone is 2. The molecule has 5 heteroatoms. The van der Waals surface area contributed by atoms with Gasteiger partial charge >= 0.3 is 0 Å². The van der Waals surface area contributed by atoms with E-state index in [-0.39, 0.29) is 40.4 Å². The lowest BCUT2D eigenvalue weighted by Crippen LogP contribution is -2.25. The van der Waals surface area contributed by atoms with Gasteiger partial charge in [0.25, 0.3) is 0 Å². The molecule has 0 spiro atoms. The van der Waals surface area contributed by atoms with Crippen molar-refractivity contribution >= 4 is 23.2 Å². The van der Waals surface area contributed by atoms with Crippen LogP contribution in [-0.4, -0.2) is 18.7 Å². The molecule has 2 aromatic carbocycles. The first-order valence-electron chi connectivity index (χ1n) is 10.1. The third-order valence-corrected chi connectivity index (χ3v) is 6.35. The van der Waals surface area contributed by atoms with E-state index in [1.54, 1.807) is 31.4 Å². The highest BCUT2D eigenvalue weighted by Gasteiger charge is 2.34. The molecular formula is C25H26ClFO3. The number of benzene rings is 2. The number of methoxy groups -OCH3 is 1. The number of carbonyl (C=O) groups excluding carboxylic acids is 2. The van der Waals surface area contributed by atoms with Crippen LogP contribution < -0.4 is 4.74 Å². The molecule has 0 N–H and O–H groups in total. The summed E-state index contributed by atoms with van der Waals surface area (Å²) in [4.78, 5) is 25.3. The van der Waals surface area contributed by atoms with Gasteiger partial charge in [-0.25, -0.2) is 4.39 Å². The largest absolute Gasteiger partial charge is 0.496 e. The predicted octanol–water partition coefficient (Wildman–Crippen LogP) is 6.17. The molecule has 2 atom stereocenters. The third-order valence-electron chi connectivity index (χ3n) is 6.06. The molecule has 0 aromatic heterocycles. The van der Waals surface area contributed by atoms with Gasteiger partial charge in [0.2, 0.25) is 0 Å². The van der Waals surface area contributed by atoms with Crippen molar-refractivity contribution in [2.24, 2.45) is 11.8 Å². The fraction of sp³-hybridized carbons (Fsp3) is 0.360. The maximum absolute atomic E-state index is 14.5. The molecule has 1 aliphatic carbocycles. The van der Waals surface area contributed by atoms with E-state index in [4.69, 9.17) is 16.3 Å². The number of carbonyl (C=O) groups is 2. The number of halogens is 2. The van der Waals surface area contributed by atoms with Crippen LogP contribution in [0.25, 0.3) is 0 Å². The van der Waals surface area contributed by atoms with Crippen molar-refractivity contribution in [2.45, 2.75) is 40.0 Å². The Labute approximate surface area is 181 Å². The highest BCUT2D eigenvalue weighted by molar-refractivity contribution is 6.30. The maximum atomic E-state index is 14.5. The van der Waals surface area contributed by atoms with Crippen molar-refractivity contribution in [2.75, 3.05) is 7.11 Å². The highest BCUT2D eigenvalue weighted by Crippen LogP contribution is 2.41. The van der Waals surface area contributed by atoms with E-state index in [9.17, 15) is 14.0 Å². The molecular weight excluding hydrogens is 403 g/mol. The Morgan fingerprint density at radius 3 is 2.50 bits per heavy atom. The van der Waals surface area contributed by atoms with Gasteiger partial charge in [0.15, 0.2) is 11.6 Å². The molecule has 0 bridgehead atoms. The van der Waals surface area contributed by atoms with E-state index >= 15 is 0 Å². The van der Waals surface area contributed by atoms with Crippen LogP contribution in [-0.2, 0) is 11.2 Å². The van der Waals surface area contributed by atoms with Crippen molar-refractivity contribution < 1.29 is 18.7 Å². The molecule has 0 heterocycles. The van der Waals surface area contributed by atoms with E-state index in [0.29, 0.717) is 28.4 Å². The maximum Gasteiger partial charge on any atom is 0.196 e. The topological polar surface area (TPSA) is 43.4 Å². The van der Waals surface area contributed by atoms with Gasteiger partial charge in [-0.1, -0.05) is 50.6 Å². The summed E-state index contributed by atoms with van der Waals surface area (Å²) in [7, 11) is 1.56. The quantitative estimate of drug-likeness (QED) is 0.517. The monoisotopic (exact) mass is 428 g/mol. The molecule has 0 radical (unpaired) electrons. The van der Waals surface area contributed by atoms with Crippen molar-refractivity contribution in [3.05, 3.63) is 75.1 Å². The van der Waals surface area contributed by atoms with Gasteiger partial charge in [-0.15, -0.1) is 0 Å². The first-order valence-corrected chi connectivity index (χ1v) is 10.4. The number of ether oxygens (including phenoxy) is 1. The van der Waals surface area contributed by atoms with Gasteiger partial charge in [-0.3, -0.25) is 9.59 Å². The molecule has 1 unspecified atom stereocenters. The minimum Gasteiger partial charge on any atom is -0.496 e. The number of hydrogen-bond donors (Lipinski definition) is 0. The molecule has 2 aromatic rings. The average molecular weight is 429 g/mol.